The van der Waals surface area contributed by atoms with Gasteiger partial charge in [0, 0.05) is 42.3 Å². The smallest absolute Gasteiger partial charge is 0.255 e. The van der Waals surface area contributed by atoms with Crippen molar-refractivity contribution >= 4 is 28.9 Å². The number of amides is 2. The van der Waals surface area contributed by atoms with Crippen LogP contribution < -0.4 is 15.5 Å². The normalized spacial score (nSPS) is 10.3. The molecule has 0 saturated heterocycles. The molecule has 0 unspecified atom stereocenters. The molecule has 3 aromatic carbocycles. The highest BCUT2D eigenvalue weighted by Gasteiger charge is 2.11. The van der Waals surface area contributed by atoms with Crippen molar-refractivity contribution in [1.82, 2.24) is 0 Å². The van der Waals surface area contributed by atoms with Crippen LogP contribution in [0.25, 0.3) is 0 Å². The van der Waals surface area contributed by atoms with E-state index in [1.807, 2.05) is 75.3 Å². The van der Waals surface area contributed by atoms with Crippen LogP contribution in [0.2, 0.25) is 0 Å². The number of benzene rings is 3. The fraction of sp³-hybridized carbons (Fsp3) is 0.167. The largest absolute Gasteiger partial charge is 0.378 e. The second-order valence-corrected chi connectivity index (χ2v) is 7.17. The van der Waals surface area contributed by atoms with Crippen LogP contribution in [0.1, 0.15) is 31.8 Å². The summed E-state index contributed by atoms with van der Waals surface area (Å²) in [6, 6.07) is 20.0. The van der Waals surface area contributed by atoms with Crippen LogP contribution in [-0.4, -0.2) is 25.9 Å². The zero-order valence-electron chi connectivity index (χ0n) is 17.1. The Balaban J connectivity index is 1.66. The predicted molar refractivity (Wildman–Crippen MR) is 119 cm³/mol. The van der Waals surface area contributed by atoms with Crippen molar-refractivity contribution in [2.24, 2.45) is 0 Å². The average Bonchev–Trinajstić information content (AvgIpc) is 2.72. The second-order valence-electron chi connectivity index (χ2n) is 7.17. The molecule has 0 aliphatic rings. The average molecular weight is 387 g/mol. The third-order valence-corrected chi connectivity index (χ3v) is 4.90. The Labute approximate surface area is 171 Å². The van der Waals surface area contributed by atoms with E-state index in [-0.39, 0.29) is 11.8 Å². The zero-order valence-corrected chi connectivity index (χ0v) is 17.1. The minimum Gasteiger partial charge on any atom is -0.378 e. The summed E-state index contributed by atoms with van der Waals surface area (Å²) in [4.78, 5) is 27.0. The third-order valence-electron chi connectivity index (χ3n) is 4.90. The first-order valence-corrected chi connectivity index (χ1v) is 9.41. The molecule has 0 aliphatic carbocycles. The van der Waals surface area contributed by atoms with Crippen molar-refractivity contribution in [1.29, 1.82) is 0 Å². The summed E-state index contributed by atoms with van der Waals surface area (Å²) < 4.78 is 0. The molecule has 0 spiro atoms. The minimum absolute atomic E-state index is 0.204. The maximum atomic E-state index is 12.5. The fourth-order valence-corrected chi connectivity index (χ4v) is 2.90. The number of nitrogens with zero attached hydrogens (tertiary/aromatic N) is 1. The Hall–Kier alpha value is -3.60. The first kappa shape index (κ1) is 20.1. The van der Waals surface area contributed by atoms with Gasteiger partial charge in [-0.25, -0.2) is 0 Å². The Morgan fingerprint density at radius 1 is 0.724 bits per heavy atom. The maximum absolute atomic E-state index is 12.5. The molecule has 2 amide bonds. The van der Waals surface area contributed by atoms with Gasteiger partial charge in [0.05, 0.1) is 0 Å². The first-order valence-electron chi connectivity index (χ1n) is 9.41. The van der Waals surface area contributed by atoms with E-state index < -0.39 is 0 Å². The molecule has 3 rings (SSSR count). The maximum Gasteiger partial charge on any atom is 0.255 e. The molecule has 0 fully saturated rings. The fourth-order valence-electron chi connectivity index (χ4n) is 2.90. The molecule has 0 radical (unpaired) electrons. The SMILES string of the molecule is Cc1cccc(NC(=O)c2ccc(C(=O)Nc3ccc(N(C)C)cc3)cc2)c1C. The molecule has 2 N–H and O–H groups in total. The molecular formula is C24H25N3O2. The lowest BCUT2D eigenvalue weighted by molar-refractivity contribution is 0.101. The number of nitrogens with one attached hydrogen (secondary N) is 2. The predicted octanol–water partition coefficient (Wildman–Crippen LogP) is 4.87. The summed E-state index contributed by atoms with van der Waals surface area (Å²) in [5.41, 5.74) is 5.71. The highest BCUT2D eigenvalue weighted by molar-refractivity contribution is 6.07. The summed E-state index contributed by atoms with van der Waals surface area (Å²) in [5, 5.41) is 5.80. The highest BCUT2D eigenvalue weighted by Crippen LogP contribution is 2.20. The number of hydrogen-bond donors (Lipinski definition) is 2. The molecule has 5 nitrogen and oxygen atoms in total. The number of hydrogen-bond acceptors (Lipinski definition) is 3. The molecule has 29 heavy (non-hydrogen) atoms. The van der Waals surface area contributed by atoms with Crippen LogP contribution in [0.5, 0.6) is 0 Å². The third kappa shape index (κ3) is 4.82. The van der Waals surface area contributed by atoms with Gasteiger partial charge in [-0.1, -0.05) is 12.1 Å². The van der Waals surface area contributed by atoms with E-state index in [0.29, 0.717) is 11.1 Å². The van der Waals surface area contributed by atoms with E-state index in [9.17, 15) is 9.59 Å². The molecule has 0 aromatic heterocycles. The van der Waals surface area contributed by atoms with Gasteiger partial charge in [0.2, 0.25) is 0 Å². The minimum atomic E-state index is -0.218. The van der Waals surface area contributed by atoms with Gasteiger partial charge >= 0.3 is 0 Å². The second kappa shape index (κ2) is 8.61. The number of rotatable bonds is 5. The van der Waals surface area contributed by atoms with Crippen LogP contribution in [0.4, 0.5) is 17.1 Å². The lowest BCUT2D eigenvalue weighted by Crippen LogP contribution is -2.15. The van der Waals surface area contributed by atoms with E-state index in [4.69, 9.17) is 0 Å². The standard InChI is InChI=1S/C24H25N3O2/c1-16-6-5-7-22(17(16)2)26-24(29)19-10-8-18(9-11-19)23(28)25-20-12-14-21(15-13-20)27(3)4/h5-15H,1-4H3,(H,25,28)(H,26,29). The molecule has 5 heteroatoms. The molecule has 0 heterocycles. The van der Waals surface area contributed by atoms with Crippen LogP contribution in [0, 0.1) is 13.8 Å². The zero-order chi connectivity index (χ0) is 21.0. The summed E-state index contributed by atoms with van der Waals surface area (Å²) >= 11 is 0. The summed E-state index contributed by atoms with van der Waals surface area (Å²) in [7, 11) is 3.93. The van der Waals surface area contributed by atoms with E-state index >= 15 is 0 Å². The molecule has 3 aromatic rings. The molecule has 0 aliphatic heterocycles. The first-order chi connectivity index (χ1) is 13.8. The van der Waals surface area contributed by atoms with Gasteiger partial charge in [0.15, 0.2) is 0 Å². The topological polar surface area (TPSA) is 61.4 Å². The molecule has 0 saturated carbocycles. The van der Waals surface area contributed by atoms with Crippen molar-refractivity contribution in [3.8, 4) is 0 Å². The van der Waals surface area contributed by atoms with E-state index in [1.165, 1.54) is 0 Å². The van der Waals surface area contributed by atoms with Gasteiger partial charge < -0.3 is 15.5 Å². The number of aryl methyl sites for hydroxylation is 1. The lowest BCUT2D eigenvalue weighted by Gasteiger charge is -2.13. The summed E-state index contributed by atoms with van der Waals surface area (Å²) in [6.45, 7) is 3.98. The Kier molecular flexibility index (Phi) is 5.98. The monoisotopic (exact) mass is 387 g/mol. The highest BCUT2D eigenvalue weighted by atomic mass is 16.2. The molecule has 0 bridgehead atoms. The van der Waals surface area contributed by atoms with Gasteiger partial charge in [-0.3, -0.25) is 9.59 Å². The van der Waals surface area contributed by atoms with E-state index in [0.717, 1.165) is 28.2 Å². The van der Waals surface area contributed by atoms with Gasteiger partial charge in [0.25, 0.3) is 11.8 Å². The van der Waals surface area contributed by atoms with Crippen molar-refractivity contribution in [2.75, 3.05) is 29.6 Å². The van der Waals surface area contributed by atoms with Crippen molar-refractivity contribution in [2.45, 2.75) is 13.8 Å². The van der Waals surface area contributed by atoms with Gasteiger partial charge in [-0.2, -0.15) is 0 Å². The van der Waals surface area contributed by atoms with Crippen LogP contribution >= 0.6 is 0 Å². The summed E-state index contributed by atoms with van der Waals surface area (Å²) in [5.74, 6) is -0.422. The molecule has 0 atom stereocenters. The quantitative estimate of drug-likeness (QED) is 0.656. The summed E-state index contributed by atoms with van der Waals surface area (Å²) in [6.07, 6.45) is 0. The van der Waals surface area contributed by atoms with E-state index in [2.05, 4.69) is 10.6 Å². The van der Waals surface area contributed by atoms with E-state index in [1.54, 1.807) is 24.3 Å². The number of carbonyl (C=O) groups excluding carboxylic acids is 2. The Morgan fingerprint density at radius 2 is 1.28 bits per heavy atom. The Morgan fingerprint density at radius 3 is 1.83 bits per heavy atom. The van der Waals surface area contributed by atoms with Gasteiger partial charge in [-0.05, 0) is 79.6 Å². The van der Waals surface area contributed by atoms with Crippen molar-refractivity contribution in [3.63, 3.8) is 0 Å². The van der Waals surface area contributed by atoms with Crippen molar-refractivity contribution < 1.29 is 9.59 Å². The van der Waals surface area contributed by atoms with Gasteiger partial charge in [-0.15, -0.1) is 0 Å². The molecule has 148 valence electrons. The van der Waals surface area contributed by atoms with Crippen LogP contribution in [0.3, 0.4) is 0 Å². The van der Waals surface area contributed by atoms with Crippen molar-refractivity contribution in [3.05, 3.63) is 89.0 Å². The van der Waals surface area contributed by atoms with Crippen LogP contribution in [-0.2, 0) is 0 Å². The Bertz CT molecular complexity index is 1020. The van der Waals surface area contributed by atoms with Crippen LogP contribution in [0.15, 0.2) is 66.7 Å². The number of carbonyl (C=O) groups is 2. The lowest BCUT2D eigenvalue weighted by atomic mass is 10.1. The molecular weight excluding hydrogens is 362 g/mol. The van der Waals surface area contributed by atoms with Gasteiger partial charge in [0.1, 0.15) is 0 Å². The number of anilines is 3.